The summed E-state index contributed by atoms with van der Waals surface area (Å²) < 4.78 is 0. The first-order valence-corrected chi connectivity index (χ1v) is 6.06. The molecule has 0 radical (unpaired) electrons. The van der Waals surface area contributed by atoms with Gasteiger partial charge in [0.25, 0.3) is 0 Å². The van der Waals surface area contributed by atoms with Crippen LogP contribution in [0.25, 0.3) is 0 Å². The standard InChI is InChI=1S/C11H20N4O/c12-9(13)11(5-1-2-6-11)14-10(16)15-7-3-4-8-15/h1-8H2,(H3,12,13)(H,14,16). The molecule has 1 aliphatic carbocycles. The number of nitrogens with one attached hydrogen (secondary N) is 2. The summed E-state index contributed by atoms with van der Waals surface area (Å²) in [6.07, 6.45) is 5.87. The molecule has 0 spiro atoms. The number of rotatable bonds is 2. The zero-order valence-corrected chi connectivity index (χ0v) is 9.59. The summed E-state index contributed by atoms with van der Waals surface area (Å²) in [5.41, 5.74) is 5.07. The van der Waals surface area contributed by atoms with Crippen molar-refractivity contribution in [3.8, 4) is 0 Å². The molecular formula is C11H20N4O. The number of likely N-dealkylation sites (tertiary alicyclic amines) is 1. The van der Waals surface area contributed by atoms with E-state index < -0.39 is 5.54 Å². The molecule has 1 aliphatic heterocycles. The predicted octanol–water partition coefficient (Wildman–Crippen LogP) is 1.04. The summed E-state index contributed by atoms with van der Waals surface area (Å²) in [4.78, 5) is 13.8. The third kappa shape index (κ3) is 1.99. The molecule has 2 amide bonds. The largest absolute Gasteiger partial charge is 0.386 e. The van der Waals surface area contributed by atoms with Gasteiger partial charge in [0, 0.05) is 13.1 Å². The van der Waals surface area contributed by atoms with E-state index in [0.29, 0.717) is 0 Å². The third-order valence-corrected chi connectivity index (χ3v) is 3.71. The summed E-state index contributed by atoms with van der Waals surface area (Å²) in [5, 5.41) is 10.6. The summed E-state index contributed by atoms with van der Waals surface area (Å²) in [6.45, 7) is 1.67. The number of urea groups is 1. The van der Waals surface area contributed by atoms with Gasteiger partial charge in [0.15, 0.2) is 0 Å². The van der Waals surface area contributed by atoms with Gasteiger partial charge in [-0.15, -0.1) is 0 Å². The molecule has 0 unspecified atom stereocenters. The fraction of sp³-hybridized carbons (Fsp3) is 0.818. The molecule has 5 nitrogen and oxygen atoms in total. The molecular weight excluding hydrogens is 204 g/mol. The van der Waals surface area contributed by atoms with Crippen LogP contribution in [-0.4, -0.2) is 35.4 Å². The summed E-state index contributed by atoms with van der Waals surface area (Å²) in [7, 11) is 0. The van der Waals surface area contributed by atoms with Crippen LogP contribution in [0.3, 0.4) is 0 Å². The van der Waals surface area contributed by atoms with E-state index in [0.717, 1.165) is 51.6 Å². The fourth-order valence-electron chi connectivity index (χ4n) is 2.64. The predicted molar refractivity (Wildman–Crippen MR) is 62.5 cm³/mol. The molecule has 0 aromatic carbocycles. The maximum Gasteiger partial charge on any atom is 0.318 e. The first-order chi connectivity index (χ1) is 7.64. The van der Waals surface area contributed by atoms with Gasteiger partial charge in [-0.3, -0.25) is 5.41 Å². The minimum absolute atomic E-state index is 0.0467. The Kier molecular flexibility index (Phi) is 3.03. The van der Waals surface area contributed by atoms with Gasteiger partial charge in [-0.2, -0.15) is 0 Å². The van der Waals surface area contributed by atoms with Crippen molar-refractivity contribution in [2.75, 3.05) is 13.1 Å². The summed E-state index contributed by atoms with van der Waals surface area (Å²) >= 11 is 0. The SMILES string of the molecule is N=C(N)C1(NC(=O)N2CCCC2)CCCC1. The molecule has 90 valence electrons. The van der Waals surface area contributed by atoms with Crippen molar-refractivity contribution in [2.24, 2.45) is 5.73 Å². The van der Waals surface area contributed by atoms with Gasteiger partial charge in [-0.1, -0.05) is 12.8 Å². The van der Waals surface area contributed by atoms with Crippen molar-refractivity contribution in [3.63, 3.8) is 0 Å². The first kappa shape index (κ1) is 11.2. The summed E-state index contributed by atoms with van der Waals surface area (Å²) in [5.74, 6) is 0.109. The molecule has 0 aromatic heterocycles. The number of nitrogens with zero attached hydrogens (tertiary/aromatic N) is 1. The van der Waals surface area contributed by atoms with Crippen LogP contribution in [0.2, 0.25) is 0 Å². The number of amides is 2. The maximum atomic E-state index is 12.0. The highest BCUT2D eigenvalue weighted by molar-refractivity contribution is 5.92. The van der Waals surface area contributed by atoms with Crippen molar-refractivity contribution in [1.29, 1.82) is 5.41 Å². The van der Waals surface area contributed by atoms with E-state index in [4.69, 9.17) is 11.1 Å². The zero-order valence-electron chi connectivity index (χ0n) is 9.59. The highest BCUT2D eigenvalue weighted by Gasteiger charge is 2.39. The Bertz CT molecular complexity index is 290. The van der Waals surface area contributed by atoms with Gasteiger partial charge < -0.3 is 16.0 Å². The first-order valence-electron chi connectivity index (χ1n) is 6.06. The van der Waals surface area contributed by atoms with Crippen molar-refractivity contribution in [3.05, 3.63) is 0 Å². The van der Waals surface area contributed by atoms with Gasteiger partial charge in [-0.25, -0.2) is 4.79 Å². The zero-order chi connectivity index (χ0) is 11.6. The molecule has 0 aromatic rings. The van der Waals surface area contributed by atoms with Crippen LogP contribution >= 0.6 is 0 Å². The van der Waals surface area contributed by atoms with Crippen LogP contribution in [-0.2, 0) is 0 Å². The third-order valence-electron chi connectivity index (χ3n) is 3.71. The van der Waals surface area contributed by atoms with E-state index in [-0.39, 0.29) is 11.9 Å². The quantitative estimate of drug-likeness (QED) is 0.484. The van der Waals surface area contributed by atoms with Gasteiger partial charge in [0.2, 0.25) is 0 Å². The molecule has 0 atom stereocenters. The van der Waals surface area contributed by atoms with Crippen molar-refractivity contribution in [1.82, 2.24) is 10.2 Å². The molecule has 1 heterocycles. The van der Waals surface area contributed by atoms with Crippen LogP contribution < -0.4 is 11.1 Å². The lowest BCUT2D eigenvalue weighted by atomic mass is 9.96. The van der Waals surface area contributed by atoms with Gasteiger partial charge in [0.05, 0.1) is 5.54 Å². The Morgan fingerprint density at radius 1 is 1.19 bits per heavy atom. The lowest BCUT2D eigenvalue weighted by Crippen LogP contribution is -2.58. The average Bonchev–Trinajstić information content (AvgIpc) is 2.88. The number of hydrogen-bond acceptors (Lipinski definition) is 2. The van der Waals surface area contributed by atoms with Crippen molar-refractivity contribution in [2.45, 2.75) is 44.1 Å². The van der Waals surface area contributed by atoms with E-state index in [2.05, 4.69) is 5.32 Å². The Morgan fingerprint density at radius 2 is 1.75 bits per heavy atom. The Hall–Kier alpha value is -1.26. The number of nitrogens with two attached hydrogens (primary N) is 1. The molecule has 2 rings (SSSR count). The monoisotopic (exact) mass is 224 g/mol. The second kappa shape index (κ2) is 4.31. The number of hydrogen-bond donors (Lipinski definition) is 3. The topological polar surface area (TPSA) is 82.2 Å². The lowest BCUT2D eigenvalue weighted by molar-refractivity contribution is 0.200. The summed E-state index contributed by atoms with van der Waals surface area (Å²) in [6, 6.07) is -0.0467. The Labute approximate surface area is 95.9 Å². The van der Waals surface area contributed by atoms with E-state index in [1.54, 1.807) is 0 Å². The molecule has 2 fully saturated rings. The molecule has 4 N–H and O–H groups in total. The fourth-order valence-corrected chi connectivity index (χ4v) is 2.64. The second-order valence-corrected chi connectivity index (χ2v) is 4.83. The van der Waals surface area contributed by atoms with E-state index in [1.807, 2.05) is 4.90 Å². The Morgan fingerprint density at radius 3 is 2.25 bits per heavy atom. The van der Waals surface area contributed by atoms with Gasteiger partial charge >= 0.3 is 6.03 Å². The van der Waals surface area contributed by atoms with Crippen LogP contribution in [0.1, 0.15) is 38.5 Å². The minimum atomic E-state index is -0.556. The van der Waals surface area contributed by atoms with Crippen molar-refractivity contribution >= 4 is 11.9 Å². The number of carbonyl (C=O) groups is 1. The van der Waals surface area contributed by atoms with Crippen LogP contribution in [0.5, 0.6) is 0 Å². The van der Waals surface area contributed by atoms with Crippen LogP contribution in [0, 0.1) is 5.41 Å². The van der Waals surface area contributed by atoms with E-state index in [9.17, 15) is 4.79 Å². The maximum absolute atomic E-state index is 12.0. The Balaban J connectivity index is 2.00. The van der Waals surface area contributed by atoms with Crippen molar-refractivity contribution < 1.29 is 4.79 Å². The highest BCUT2D eigenvalue weighted by atomic mass is 16.2. The van der Waals surface area contributed by atoms with Crippen LogP contribution in [0.15, 0.2) is 0 Å². The normalized spacial score (nSPS) is 23.4. The molecule has 1 saturated carbocycles. The molecule has 16 heavy (non-hydrogen) atoms. The average molecular weight is 224 g/mol. The molecule has 2 aliphatic rings. The van der Waals surface area contributed by atoms with Gasteiger partial charge in [0.1, 0.15) is 5.84 Å². The lowest BCUT2D eigenvalue weighted by Gasteiger charge is -2.31. The second-order valence-electron chi connectivity index (χ2n) is 4.83. The van der Waals surface area contributed by atoms with E-state index >= 15 is 0 Å². The molecule has 0 bridgehead atoms. The molecule has 1 saturated heterocycles. The van der Waals surface area contributed by atoms with E-state index in [1.165, 1.54) is 0 Å². The minimum Gasteiger partial charge on any atom is -0.386 e. The van der Waals surface area contributed by atoms with Gasteiger partial charge in [-0.05, 0) is 25.7 Å². The number of carbonyl (C=O) groups excluding carboxylic acids is 1. The number of amidine groups is 1. The smallest absolute Gasteiger partial charge is 0.318 e. The molecule has 5 heteroatoms. The highest BCUT2D eigenvalue weighted by Crippen LogP contribution is 2.29. The van der Waals surface area contributed by atoms with Crippen LogP contribution in [0.4, 0.5) is 4.79 Å².